The number of hydrogen-bond donors (Lipinski definition) is 0. The second kappa shape index (κ2) is 5.93. The lowest BCUT2D eigenvalue weighted by Crippen LogP contribution is -2.16. The van der Waals surface area contributed by atoms with Crippen LogP contribution >= 0.6 is 11.6 Å². The Kier molecular flexibility index (Phi) is 4.27. The van der Waals surface area contributed by atoms with Gasteiger partial charge >= 0.3 is 6.01 Å². The molecule has 0 aliphatic carbocycles. The Balaban J connectivity index is 2.04. The predicted molar refractivity (Wildman–Crippen MR) is 73.7 cm³/mol. The maximum atomic E-state index is 5.89. The molecule has 5 nitrogen and oxygen atoms in total. The molecule has 0 saturated carbocycles. The summed E-state index contributed by atoms with van der Waals surface area (Å²) in [5.74, 6) is 1.26. The Morgan fingerprint density at radius 2 is 2.00 bits per heavy atom. The largest absolute Gasteiger partial charge is 0.497 e. The summed E-state index contributed by atoms with van der Waals surface area (Å²) in [6, 6.07) is 8.29. The van der Waals surface area contributed by atoms with Crippen LogP contribution in [0.4, 0.5) is 6.01 Å². The van der Waals surface area contributed by atoms with Crippen molar-refractivity contribution < 1.29 is 9.15 Å². The third kappa shape index (κ3) is 3.38. The zero-order chi connectivity index (χ0) is 13.8. The normalized spacial score (nSPS) is 12.2. The molecule has 0 aliphatic heterocycles. The van der Waals surface area contributed by atoms with E-state index in [0.29, 0.717) is 18.5 Å². The highest BCUT2D eigenvalue weighted by atomic mass is 35.5. The summed E-state index contributed by atoms with van der Waals surface area (Å²) in [7, 11) is 3.54. The molecule has 0 fully saturated rings. The van der Waals surface area contributed by atoms with Crippen LogP contribution in [0.15, 0.2) is 28.7 Å². The Bertz CT molecular complexity index is 525. The van der Waals surface area contributed by atoms with Gasteiger partial charge in [-0.25, -0.2) is 0 Å². The van der Waals surface area contributed by atoms with Crippen molar-refractivity contribution in [2.45, 2.75) is 18.8 Å². The SMILES string of the molecule is COc1ccc(CN(C)c2nnc(C(C)Cl)o2)cc1. The minimum Gasteiger partial charge on any atom is -0.497 e. The van der Waals surface area contributed by atoms with Gasteiger partial charge in [0, 0.05) is 13.6 Å². The minimum absolute atomic E-state index is 0.282. The van der Waals surface area contributed by atoms with E-state index < -0.39 is 0 Å². The number of halogens is 1. The van der Waals surface area contributed by atoms with Crippen molar-refractivity contribution in [1.82, 2.24) is 10.2 Å². The van der Waals surface area contributed by atoms with Gasteiger partial charge in [0.15, 0.2) is 0 Å². The fraction of sp³-hybridized carbons (Fsp3) is 0.385. The van der Waals surface area contributed by atoms with Gasteiger partial charge in [-0.2, -0.15) is 0 Å². The van der Waals surface area contributed by atoms with Gasteiger partial charge < -0.3 is 14.1 Å². The lowest BCUT2D eigenvalue weighted by atomic mass is 10.2. The summed E-state index contributed by atoms with van der Waals surface area (Å²) in [5.41, 5.74) is 1.13. The van der Waals surface area contributed by atoms with Gasteiger partial charge in [-0.3, -0.25) is 0 Å². The quantitative estimate of drug-likeness (QED) is 0.789. The van der Waals surface area contributed by atoms with Gasteiger partial charge in [0.25, 0.3) is 0 Å². The van der Waals surface area contributed by atoms with Crippen LogP contribution in [0.5, 0.6) is 5.75 Å². The lowest BCUT2D eigenvalue weighted by molar-refractivity contribution is 0.414. The molecule has 0 N–H and O–H groups in total. The summed E-state index contributed by atoms with van der Waals surface area (Å²) >= 11 is 5.89. The average Bonchev–Trinajstić information content (AvgIpc) is 2.89. The van der Waals surface area contributed by atoms with E-state index in [-0.39, 0.29) is 5.38 Å². The van der Waals surface area contributed by atoms with Crippen molar-refractivity contribution in [2.24, 2.45) is 0 Å². The molecular formula is C13H16ClN3O2. The van der Waals surface area contributed by atoms with E-state index in [1.54, 1.807) is 14.0 Å². The molecule has 0 spiro atoms. The highest BCUT2D eigenvalue weighted by Gasteiger charge is 2.14. The van der Waals surface area contributed by atoms with Crippen LogP contribution < -0.4 is 9.64 Å². The van der Waals surface area contributed by atoms with Crippen molar-refractivity contribution in [3.63, 3.8) is 0 Å². The molecule has 0 radical (unpaired) electrons. The molecule has 1 aromatic heterocycles. The smallest absolute Gasteiger partial charge is 0.318 e. The van der Waals surface area contributed by atoms with Crippen LogP contribution in [-0.2, 0) is 6.54 Å². The molecule has 1 heterocycles. The molecule has 6 heteroatoms. The minimum atomic E-state index is -0.282. The molecule has 2 aromatic rings. The Morgan fingerprint density at radius 1 is 1.32 bits per heavy atom. The van der Waals surface area contributed by atoms with Gasteiger partial charge in [-0.05, 0) is 24.6 Å². The van der Waals surface area contributed by atoms with Crippen LogP contribution in [0.1, 0.15) is 23.8 Å². The second-order valence-electron chi connectivity index (χ2n) is 4.24. The molecule has 0 aliphatic rings. The third-order valence-corrected chi connectivity index (χ3v) is 2.86. The topological polar surface area (TPSA) is 51.4 Å². The van der Waals surface area contributed by atoms with E-state index in [1.165, 1.54) is 0 Å². The zero-order valence-corrected chi connectivity index (χ0v) is 11.9. The second-order valence-corrected chi connectivity index (χ2v) is 4.90. The number of anilines is 1. The number of benzene rings is 1. The highest BCUT2D eigenvalue weighted by molar-refractivity contribution is 6.20. The van der Waals surface area contributed by atoms with Crippen molar-refractivity contribution in [2.75, 3.05) is 19.1 Å². The Morgan fingerprint density at radius 3 is 2.53 bits per heavy atom. The molecule has 0 bridgehead atoms. The zero-order valence-electron chi connectivity index (χ0n) is 11.1. The monoisotopic (exact) mass is 281 g/mol. The molecule has 1 unspecified atom stereocenters. The molecule has 102 valence electrons. The first-order chi connectivity index (χ1) is 9.10. The summed E-state index contributed by atoms with van der Waals surface area (Å²) in [5, 5.41) is 7.58. The first kappa shape index (κ1) is 13.7. The van der Waals surface area contributed by atoms with Crippen LogP contribution in [0, 0.1) is 0 Å². The summed E-state index contributed by atoms with van der Waals surface area (Å²) in [6.45, 7) is 2.46. The number of alkyl halides is 1. The first-order valence-electron chi connectivity index (χ1n) is 5.91. The van der Waals surface area contributed by atoms with Crippen LogP contribution in [-0.4, -0.2) is 24.4 Å². The highest BCUT2D eigenvalue weighted by Crippen LogP contribution is 2.22. The van der Waals surface area contributed by atoms with Crippen LogP contribution in [0.2, 0.25) is 0 Å². The molecule has 2 rings (SSSR count). The van der Waals surface area contributed by atoms with Crippen molar-refractivity contribution in [3.8, 4) is 5.75 Å². The van der Waals surface area contributed by atoms with Gasteiger partial charge in [0.05, 0.1) is 7.11 Å². The molecule has 1 atom stereocenters. The van der Waals surface area contributed by atoms with E-state index in [1.807, 2.05) is 36.2 Å². The first-order valence-corrected chi connectivity index (χ1v) is 6.35. The maximum absolute atomic E-state index is 5.89. The number of nitrogens with zero attached hydrogens (tertiary/aromatic N) is 3. The van der Waals surface area contributed by atoms with Crippen molar-refractivity contribution in [1.29, 1.82) is 0 Å². The molecular weight excluding hydrogens is 266 g/mol. The van der Waals surface area contributed by atoms with E-state index in [2.05, 4.69) is 10.2 Å². The van der Waals surface area contributed by atoms with E-state index in [0.717, 1.165) is 11.3 Å². The average molecular weight is 282 g/mol. The predicted octanol–water partition coefficient (Wildman–Crippen LogP) is 3.01. The standard InChI is InChI=1S/C13H16ClN3O2/c1-9(14)12-15-16-13(19-12)17(2)8-10-4-6-11(18-3)7-5-10/h4-7,9H,8H2,1-3H3. The fourth-order valence-corrected chi connectivity index (χ4v) is 1.70. The van der Waals surface area contributed by atoms with Gasteiger partial charge in [0.2, 0.25) is 5.89 Å². The van der Waals surface area contributed by atoms with E-state index >= 15 is 0 Å². The Labute approximate surface area is 117 Å². The number of methoxy groups -OCH3 is 1. The number of aromatic nitrogens is 2. The number of rotatable bonds is 5. The molecule has 19 heavy (non-hydrogen) atoms. The molecule has 1 aromatic carbocycles. The van der Waals surface area contributed by atoms with Crippen LogP contribution in [0.3, 0.4) is 0 Å². The van der Waals surface area contributed by atoms with Crippen molar-refractivity contribution >= 4 is 17.6 Å². The maximum Gasteiger partial charge on any atom is 0.318 e. The summed E-state index contributed by atoms with van der Waals surface area (Å²) in [6.07, 6.45) is 0. The Hall–Kier alpha value is -1.75. The van der Waals surface area contributed by atoms with Gasteiger partial charge in [-0.15, -0.1) is 16.7 Å². The summed E-state index contributed by atoms with van der Waals surface area (Å²) < 4.78 is 10.6. The van der Waals surface area contributed by atoms with Crippen LogP contribution in [0.25, 0.3) is 0 Å². The number of ether oxygens (including phenoxy) is 1. The third-order valence-electron chi connectivity index (χ3n) is 2.68. The molecule has 0 amide bonds. The van der Waals surface area contributed by atoms with Crippen molar-refractivity contribution in [3.05, 3.63) is 35.7 Å². The number of hydrogen-bond acceptors (Lipinski definition) is 5. The van der Waals surface area contributed by atoms with Gasteiger partial charge in [0.1, 0.15) is 11.1 Å². The van der Waals surface area contributed by atoms with E-state index in [4.69, 9.17) is 20.8 Å². The van der Waals surface area contributed by atoms with E-state index in [9.17, 15) is 0 Å². The molecule has 0 saturated heterocycles. The summed E-state index contributed by atoms with van der Waals surface area (Å²) in [4.78, 5) is 1.87. The lowest BCUT2D eigenvalue weighted by Gasteiger charge is -2.14. The fourth-order valence-electron chi connectivity index (χ4n) is 1.61. The van der Waals surface area contributed by atoms with Gasteiger partial charge in [-0.1, -0.05) is 17.2 Å².